The summed E-state index contributed by atoms with van der Waals surface area (Å²) in [6.07, 6.45) is 1.59. The van der Waals surface area contributed by atoms with Crippen LogP contribution in [0.1, 0.15) is 32.3 Å². The van der Waals surface area contributed by atoms with Gasteiger partial charge in [-0.25, -0.2) is 0 Å². The number of aromatic nitrogens is 2. The summed E-state index contributed by atoms with van der Waals surface area (Å²) < 4.78 is 0. The fraction of sp³-hybridized carbons (Fsp3) is 0.294. The quantitative estimate of drug-likeness (QED) is 0.852. The van der Waals surface area contributed by atoms with Crippen molar-refractivity contribution in [2.75, 3.05) is 10.6 Å². The number of carbonyl (C=O) groups excluding carboxylic acids is 1. The van der Waals surface area contributed by atoms with E-state index in [1.165, 1.54) is 0 Å². The third-order valence-electron chi connectivity index (χ3n) is 3.54. The Morgan fingerprint density at radius 2 is 1.87 bits per heavy atom. The molecule has 0 radical (unpaired) electrons. The van der Waals surface area contributed by atoms with Crippen LogP contribution < -0.4 is 10.6 Å². The number of nitrogens with one attached hydrogen (secondary N) is 2. The SMILES string of the molecule is CCC(CC)C(=O)Nc1ccc(Nc2cccc(C#N)c2)nn1. The minimum absolute atomic E-state index is 0.0108. The number of nitrogens with zero attached hydrogens (tertiary/aromatic N) is 3. The molecule has 2 rings (SSSR count). The predicted molar refractivity (Wildman–Crippen MR) is 89.2 cm³/mol. The van der Waals surface area contributed by atoms with Crippen molar-refractivity contribution in [3.8, 4) is 6.07 Å². The van der Waals surface area contributed by atoms with E-state index in [1.807, 2.05) is 19.9 Å². The summed E-state index contributed by atoms with van der Waals surface area (Å²) in [5.74, 6) is 0.925. The third kappa shape index (κ3) is 4.51. The second kappa shape index (κ2) is 7.90. The second-order valence-corrected chi connectivity index (χ2v) is 5.12. The van der Waals surface area contributed by atoms with Crippen LogP contribution in [0.4, 0.5) is 17.3 Å². The number of nitriles is 1. The van der Waals surface area contributed by atoms with Gasteiger partial charge < -0.3 is 10.6 Å². The van der Waals surface area contributed by atoms with E-state index in [0.717, 1.165) is 18.5 Å². The van der Waals surface area contributed by atoms with Gasteiger partial charge in [-0.3, -0.25) is 4.79 Å². The summed E-state index contributed by atoms with van der Waals surface area (Å²) in [4.78, 5) is 12.0. The molecule has 23 heavy (non-hydrogen) atoms. The number of amides is 1. The standard InChI is InChI=1S/C17H19N5O/c1-3-13(4-2)17(23)20-16-9-8-15(21-22-16)19-14-7-5-6-12(10-14)11-18/h5-10,13H,3-4H2,1-2H3,(H,19,21)(H,20,22,23). The van der Waals surface area contributed by atoms with E-state index in [1.54, 1.807) is 30.3 Å². The molecule has 1 aromatic carbocycles. The smallest absolute Gasteiger partial charge is 0.228 e. The topological polar surface area (TPSA) is 90.7 Å². The lowest BCUT2D eigenvalue weighted by atomic mass is 10.0. The average Bonchev–Trinajstić information content (AvgIpc) is 2.58. The maximum Gasteiger partial charge on any atom is 0.228 e. The van der Waals surface area contributed by atoms with Crippen LogP contribution in [-0.2, 0) is 4.79 Å². The van der Waals surface area contributed by atoms with Gasteiger partial charge in [0.15, 0.2) is 11.6 Å². The highest BCUT2D eigenvalue weighted by atomic mass is 16.1. The van der Waals surface area contributed by atoms with Crippen molar-refractivity contribution in [2.45, 2.75) is 26.7 Å². The van der Waals surface area contributed by atoms with Crippen LogP contribution in [0, 0.1) is 17.2 Å². The van der Waals surface area contributed by atoms with E-state index in [2.05, 4.69) is 26.9 Å². The van der Waals surface area contributed by atoms with Crippen LogP contribution in [0.25, 0.3) is 0 Å². The summed E-state index contributed by atoms with van der Waals surface area (Å²) in [6, 6.07) is 12.6. The Kier molecular flexibility index (Phi) is 5.64. The normalized spacial score (nSPS) is 10.2. The lowest BCUT2D eigenvalue weighted by molar-refractivity contribution is -0.120. The Morgan fingerprint density at radius 1 is 1.17 bits per heavy atom. The van der Waals surface area contributed by atoms with Gasteiger partial charge in [0.05, 0.1) is 11.6 Å². The molecule has 2 N–H and O–H groups in total. The van der Waals surface area contributed by atoms with Gasteiger partial charge in [-0.05, 0) is 43.2 Å². The summed E-state index contributed by atoms with van der Waals surface area (Å²) in [5, 5.41) is 22.8. The largest absolute Gasteiger partial charge is 0.339 e. The van der Waals surface area contributed by atoms with E-state index in [-0.39, 0.29) is 11.8 Å². The molecule has 0 unspecified atom stereocenters. The molecule has 0 saturated carbocycles. The molecule has 118 valence electrons. The van der Waals surface area contributed by atoms with Crippen molar-refractivity contribution in [1.29, 1.82) is 5.26 Å². The molecular formula is C17H19N5O. The highest BCUT2D eigenvalue weighted by Gasteiger charge is 2.14. The fourth-order valence-electron chi connectivity index (χ4n) is 2.17. The van der Waals surface area contributed by atoms with Crippen molar-refractivity contribution < 1.29 is 4.79 Å². The second-order valence-electron chi connectivity index (χ2n) is 5.12. The Hall–Kier alpha value is -2.94. The van der Waals surface area contributed by atoms with Crippen LogP contribution in [0.2, 0.25) is 0 Å². The predicted octanol–water partition coefficient (Wildman–Crippen LogP) is 3.47. The van der Waals surface area contributed by atoms with Crippen LogP contribution in [0.3, 0.4) is 0 Å². The molecule has 1 heterocycles. The molecule has 1 amide bonds. The highest BCUT2D eigenvalue weighted by molar-refractivity contribution is 5.91. The highest BCUT2D eigenvalue weighted by Crippen LogP contribution is 2.17. The zero-order valence-electron chi connectivity index (χ0n) is 13.2. The summed E-state index contributed by atoms with van der Waals surface area (Å²) >= 11 is 0. The van der Waals surface area contributed by atoms with Crippen LogP contribution in [0.5, 0.6) is 0 Å². The molecule has 1 aromatic heterocycles. The van der Waals surface area contributed by atoms with Crippen LogP contribution >= 0.6 is 0 Å². The number of hydrogen-bond donors (Lipinski definition) is 2. The molecule has 0 aliphatic heterocycles. The molecule has 0 fully saturated rings. The molecule has 0 spiro atoms. The molecule has 6 heteroatoms. The first-order valence-electron chi connectivity index (χ1n) is 7.58. The minimum Gasteiger partial charge on any atom is -0.339 e. The Morgan fingerprint density at radius 3 is 2.48 bits per heavy atom. The van der Waals surface area contributed by atoms with E-state index in [4.69, 9.17) is 5.26 Å². The number of carbonyl (C=O) groups is 1. The van der Waals surface area contributed by atoms with Gasteiger partial charge in [-0.15, -0.1) is 10.2 Å². The lowest BCUT2D eigenvalue weighted by Gasteiger charge is -2.12. The third-order valence-corrected chi connectivity index (χ3v) is 3.54. The number of rotatable bonds is 6. The van der Waals surface area contributed by atoms with Gasteiger partial charge in [0.2, 0.25) is 5.91 Å². The van der Waals surface area contributed by atoms with Crippen molar-refractivity contribution in [3.05, 3.63) is 42.0 Å². The van der Waals surface area contributed by atoms with Crippen molar-refractivity contribution in [2.24, 2.45) is 5.92 Å². The number of hydrogen-bond acceptors (Lipinski definition) is 5. The summed E-state index contributed by atoms with van der Waals surface area (Å²) in [7, 11) is 0. The first-order chi connectivity index (χ1) is 11.2. The van der Waals surface area contributed by atoms with Crippen LogP contribution in [-0.4, -0.2) is 16.1 Å². The van der Waals surface area contributed by atoms with Gasteiger partial charge in [0.25, 0.3) is 0 Å². The van der Waals surface area contributed by atoms with Crippen molar-refractivity contribution in [1.82, 2.24) is 10.2 Å². The number of anilines is 3. The molecule has 0 aliphatic carbocycles. The van der Waals surface area contributed by atoms with E-state index >= 15 is 0 Å². The summed E-state index contributed by atoms with van der Waals surface area (Å²) in [6.45, 7) is 3.98. The van der Waals surface area contributed by atoms with E-state index < -0.39 is 0 Å². The maximum absolute atomic E-state index is 12.0. The number of benzene rings is 1. The zero-order chi connectivity index (χ0) is 16.7. The molecule has 0 bridgehead atoms. The molecule has 0 saturated heterocycles. The van der Waals surface area contributed by atoms with Crippen LogP contribution in [0.15, 0.2) is 36.4 Å². The summed E-state index contributed by atoms with van der Waals surface area (Å²) in [5.41, 5.74) is 1.32. The first-order valence-corrected chi connectivity index (χ1v) is 7.58. The molecular weight excluding hydrogens is 290 g/mol. The van der Waals surface area contributed by atoms with Gasteiger partial charge in [0, 0.05) is 11.6 Å². The average molecular weight is 309 g/mol. The van der Waals surface area contributed by atoms with Gasteiger partial charge in [-0.2, -0.15) is 5.26 Å². The van der Waals surface area contributed by atoms with Gasteiger partial charge in [-0.1, -0.05) is 19.9 Å². The Balaban J connectivity index is 2.02. The van der Waals surface area contributed by atoms with E-state index in [9.17, 15) is 4.79 Å². The fourth-order valence-corrected chi connectivity index (χ4v) is 2.17. The molecule has 2 aromatic rings. The van der Waals surface area contributed by atoms with Gasteiger partial charge in [0.1, 0.15) is 0 Å². The van der Waals surface area contributed by atoms with Gasteiger partial charge >= 0.3 is 0 Å². The molecule has 6 nitrogen and oxygen atoms in total. The van der Waals surface area contributed by atoms with Crippen molar-refractivity contribution >= 4 is 23.2 Å². The van der Waals surface area contributed by atoms with E-state index in [0.29, 0.717) is 17.2 Å². The lowest BCUT2D eigenvalue weighted by Crippen LogP contribution is -2.22. The van der Waals surface area contributed by atoms with Crippen molar-refractivity contribution in [3.63, 3.8) is 0 Å². The molecule has 0 atom stereocenters. The zero-order valence-corrected chi connectivity index (χ0v) is 13.2. The minimum atomic E-state index is -0.0354. The maximum atomic E-state index is 12.0. The first kappa shape index (κ1) is 16.4. The Bertz CT molecular complexity index is 702. The Labute approximate surface area is 135 Å². The monoisotopic (exact) mass is 309 g/mol. The molecule has 0 aliphatic rings.